The number of aldehydes is 1. The summed E-state index contributed by atoms with van der Waals surface area (Å²) in [4.78, 5) is 11.1. The smallest absolute Gasteiger partial charge is 0.161 e. The van der Waals surface area contributed by atoms with Gasteiger partial charge in [0.25, 0.3) is 0 Å². The summed E-state index contributed by atoms with van der Waals surface area (Å²) >= 11 is 1.42. The molecule has 1 aromatic carbocycles. The first-order valence-electron chi connectivity index (χ1n) is 5.82. The van der Waals surface area contributed by atoms with E-state index in [1.54, 1.807) is 16.8 Å². The lowest BCUT2D eigenvalue weighted by Gasteiger charge is -2.03. The van der Waals surface area contributed by atoms with Crippen molar-refractivity contribution in [3.8, 4) is 16.9 Å². The van der Waals surface area contributed by atoms with Crippen molar-refractivity contribution in [3.63, 3.8) is 0 Å². The van der Waals surface area contributed by atoms with Gasteiger partial charge in [-0.1, -0.05) is 0 Å². The van der Waals surface area contributed by atoms with Gasteiger partial charge in [-0.05, 0) is 11.4 Å². The van der Waals surface area contributed by atoms with Gasteiger partial charge in [0.1, 0.15) is 11.4 Å². The minimum absolute atomic E-state index is 0.234. The number of halogens is 3. The second-order valence-electron chi connectivity index (χ2n) is 4.23. The lowest BCUT2D eigenvalue weighted by molar-refractivity contribution is 0.112. The molecule has 3 rings (SSSR count). The molecule has 2 heterocycles. The maximum absolute atomic E-state index is 13.7. The maximum Gasteiger partial charge on any atom is 0.161 e. The third-order valence-electron chi connectivity index (χ3n) is 2.90. The Hall–Kier alpha value is -2.41. The van der Waals surface area contributed by atoms with Crippen molar-refractivity contribution in [1.82, 2.24) is 9.78 Å². The Balaban J connectivity index is 2.17. The summed E-state index contributed by atoms with van der Waals surface area (Å²) in [6.07, 6.45) is 1.85. The molecule has 106 valence electrons. The van der Waals surface area contributed by atoms with E-state index < -0.39 is 17.5 Å². The second-order valence-corrected chi connectivity index (χ2v) is 5.01. The van der Waals surface area contributed by atoms with Crippen molar-refractivity contribution in [2.45, 2.75) is 0 Å². The third-order valence-corrected chi connectivity index (χ3v) is 3.58. The predicted octanol–water partition coefficient (Wildman–Crippen LogP) is 3.83. The lowest BCUT2D eigenvalue weighted by Crippen LogP contribution is -2.01. The van der Waals surface area contributed by atoms with Gasteiger partial charge in [-0.15, -0.1) is 0 Å². The Kier molecular flexibility index (Phi) is 3.34. The largest absolute Gasteiger partial charge is 0.298 e. The van der Waals surface area contributed by atoms with E-state index in [4.69, 9.17) is 0 Å². The summed E-state index contributed by atoms with van der Waals surface area (Å²) < 4.78 is 41.0. The van der Waals surface area contributed by atoms with Gasteiger partial charge in [0.15, 0.2) is 23.7 Å². The Morgan fingerprint density at radius 3 is 2.57 bits per heavy atom. The fourth-order valence-electron chi connectivity index (χ4n) is 1.91. The molecule has 3 aromatic rings. The molecule has 0 bridgehead atoms. The maximum atomic E-state index is 13.7. The van der Waals surface area contributed by atoms with Gasteiger partial charge in [-0.3, -0.25) is 4.79 Å². The number of thiophene rings is 1. The van der Waals surface area contributed by atoms with Gasteiger partial charge in [0, 0.05) is 29.3 Å². The number of hydrogen-bond donors (Lipinski definition) is 0. The van der Waals surface area contributed by atoms with Crippen molar-refractivity contribution in [1.29, 1.82) is 0 Å². The van der Waals surface area contributed by atoms with Crippen LogP contribution in [-0.4, -0.2) is 16.1 Å². The van der Waals surface area contributed by atoms with Crippen LogP contribution in [0.2, 0.25) is 0 Å². The number of hydrogen-bond acceptors (Lipinski definition) is 3. The number of aromatic nitrogens is 2. The molecular weight excluding hydrogens is 301 g/mol. The van der Waals surface area contributed by atoms with Gasteiger partial charge in [-0.25, -0.2) is 17.9 Å². The van der Waals surface area contributed by atoms with Gasteiger partial charge < -0.3 is 0 Å². The molecule has 21 heavy (non-hydrogen) atoms. The molecule has 0 aliphatic carbocycles. The van der Waals surface area contributed by atoms with E-state index in [2.05, 4.69) is 5.10 Å². The molecule has 2 aromatic heterocycles. The number of carbonyl (C=O) groups excluding carboxylic acids is 1. The summed E-state index contributed by atoms with van der Waals surface area (Å²) in [5.74, 6) is -3.44. The first-order valence-corrected chi connectivity index (χ1v) is 6.77. The van der Waals surface area contributed by atoms with Gasteiger partial charge in [0.2, 0.25) is 0 Å². The van der Waals surface area contributed by atoms with Gasteiger partial charge >= 0.3 is 0 Å². The molecule has 7 heteroatoms. The zero-order valence-corrected chi connectivity index (χ0v) is 11.2. The number of rotatable bonds is 3. The van der Waals surface area contributed by atoms with Crippen LogP contribution in [0, 0.1) is 17.5 Å². The van der Waals surface area contributed by atoms with Crippen LogP contribution >= 0.6 is 11.3 Å². The summed E-state index contributed by atoms with van der Waals surface area (Å²) in [5, 5.41) is 7.67. The Bertz CT molecular complexity index is 812. The normalized spacial score (nSPS) is 10.8. The molecule has 0 spiro atoms. The SMILES string of the molecule is O=Cc1cn(-c2cc(F)c(F)cc2F)nc1-c1ccsc1. The zero-order chi connectivity index (χ0) is 15.0. The van der Waals surface area contributed by atoms with E-state index in [-0.39, 0.29) is 11.3 Å². The molecule has 0 saturated heterocycles. The molecule has 0 aliphatic heterocycles. The topological polar surface area (TPSA) is 34.9 Å². The molecular formula is C14H7F3N2OS. The third kappa shape index (κ3) is 2.36. The molecule has 0 atom stereocenters. The highest BCUT2D eigenvalue weighted by Gasteiger charge is 2.16. The van der Waals surface area contributed by atoms with Crippen molar-refractivity contribution >= 4 is 17.6 Å². The van der Waals surface area contributed by atoms with Crippen molar-refractivity contribution in [2.24, 2.45) is 0 Å². The van der Waals surface area contributed by atoms with Crippen LogP contribution in [-0.2, 0) is 0 Å². The highest BCUT2D eigenvalue weighted by Crippen LogP contribution is 2.26. The van der Waals surface area contributed by atoms with Gasteiger partial charge in [-0.2, -0.15) is 16.4 Å². The molecule has 0 saturated carbocycles. The van der Waals surface area contributed by atoms with Gasteiger partial charge in [0.05, 0.1) is 5.56 Å². The molecule has 0 fully saturated rings. The van der Waals surface area contributed by atoms with E-state index in [1.165, 1.54) is 17.5 Å². The van der Waals surface area contributed by atoms with Crippen molar-refractivity contribution < 1.29 is 18.0 Å². The molecule has 0 N–H and O–H groups in total. The van der Waals surface area contributed by atoms with Crippen LogP contribution < -0.4 is 0 Å². The van der Waals surface area contributed by atoms with E-state index >= 15 is 0 Å². The number of nitrogens with zero attached hydrogens (tertiary/aromatic N) is 2. The first kappa shape index (κ1) is 13.6. The van der Waals surface area contributed by atoms with Crippen LogP contribution in [0.1, 0.15) is 10.4 Å². The van der Waals surface area contributed by atoms with Crippen LogP contribution in [0.3, 0.4) is 0 Å². The summed E-state index contributed by atoms with van der Waals surface area (Å²) in [6, 6.07) is 2.90. The van der Waals surface area contributed by atoms with E-state index in [0.29, 0.717) is 29.7 Å². The van der Waals surface area contributed by atoms with E-state index in [0.717, 1.165) is 4.68 Å². The molecule has 3 nitrogen and oxygen atoms in total. The Labute approximate surface area is 121 Å². The quantitative estimate of drug-likeness (QED) is 0.544. The average molecular weight is 308 g/mol. The summed E-state index contributed by atoms with van der Waals surface area (Å²) in [5.41, 5.74) is 1.02. The minimum Gasteiger partial charge on any atom is -0.298 e. The van der Waals surface area contributed by atoms with Crippen LogP contribution in [0.5, 0.6) is 0 Å². The highest BCUT2D eigenvalue weighted by molar-refractivity contribution is 7.08. The van der Waals surface area contributed by atoms with Crippen LogP contribution in [0.15, 0.2) is 35.2 Å². The molecule has 0 unspecified atom stereocenters. The molecule has 0 amide bonds. The monoisotopic (exact) mass is 308 g/mol. The number of carbonyl (C=O) groups is 1. The Morgan fingerprint density at radius 1 is 1.14 bits per heavy atom. The zero-order valence-electron chi connectivity index (χ0n) is 10.4. The highest BCUT2D eigenvalue weighted by atomic mass is 32.1. The van der Waals surface area contributed by atoms with E-state index in [1.807, 2.05) is 0 Å². The van der Waals surface area contributed by atoms with Crippen LogP contribution in [0.25, 0.3) is 16.9 Å². The first-order chi connectivity index (χ1) is 10.1. The fraction of sp³-hybridized carbons (Fsp3) is 0. The lowest BCUT2D eigenvalue weighted by atomic mass is 10.2. The fourth-order valence-corrected chi connectivity index (χ4v) is 2.55. The summed E-state index contributed by atoms with van der Waals surface area (Å²) in [7, 11) is 0. The average Bonchev–Trinajstić information content (AvgIpc) is 3.10. The second kappa shape index (κ2) is 5.17. The minimum atomic E-state index is -1.28. The van der Waals surface area contributed by atoms with Crippen molar-refractivity contribution in [3.05, 3.63) is 58.2 Å². The van der Waals surface area contributed by atoms with E-state index in [9.17, 15) is 18.0 Å². The molecule has 0 radical (unpaired) electrons. The standard InChI is InChI=1S/C14H7F3N2OS/c15-10-3-12(17)13(4-11(10)16)19-5-9(6-20)14(18-19)8-1-2-21-7-8/h1-7H. The Morgan fingerprint density at radius 2 is 1.90 bits per heavy atom. The summed E-state index contributed by atoms with van der Waals surface area (Å²) in [6.45, 7) is 0. The molecule has 0 aliphatic rings. The predicted molar refractivity (Wildman–Crippen MR) is 72.1 cm³/mol. The van der Waals surface area contributed by atoms with Crippen molar-refractivity contribution in [2.75, 3.05) is 0 Å². The van der Waals surface area contributed by atoms with Crippen LogP contribution in [0.4, 0.5) is 13.2 Å². The number of benzene rings is 1.